The third kappa shape index (κ3) is 6.29. The van der Waals surface area contributed by atoms with Crippen LogP contribution in [0.1, 0.15) is 58.6 Å². The molecule has 108 valence electrons. The van der Waals surface area contributed by atoms with E-state index in [2.05, 4.69) is 55.0 Å². The second-order valence-electron chi connectivity index (χ2n) is 6.27. The van der Waals surface area contributed by atoms with Crippen LogP contribution >= 0.6 is 27.5 Å². The third-order valence-corrected chi connectivity index (χ3v) is 4.08. The smallest absolute Gasteiger partial charge is 0.0417 e. The van der Waals surface area contributed by atoms with Crippen LogP contribution in [0.2, 0.25) is 5.02 Å². The molecule has 1 unspecified atom stereocenters. The number of halogens is 2. The Hall–Kier alpha value is -0.0500. The first-order chi connectivity index (χ1) is 8.83. The average molecular weight is 347 g/mol. The van der Waals surface area contributed by atoms with Crippen molar-refractivity contribution in [1.82, 2.24) is 5.32 Å². The Kier molecular flexibility index (Phi) is 6.85. The minimum absolute atomic E-state index is 0.366. The molecule has 1 nitrogen and oxygen atoms in total. The van der Waals surface area contributed by atoms with Crippen molar-refractivity contribution >= 4 is 27.5 Å². The van der Waals surface area contributed by atoms with Gasteiger partial charge in [-0.3, -0.25) is 0 Å². The van der Waals surface area contributed by atoms with Crippen molar-refractivity contribution in [2.75, 3.05) is 6.54 Å². The van der Waals surface area contributed by atoms with Gasteiger partial charge in [-0.2, -0.15) is 0 Å². The Bertz CT molecular complexity index is 398. The van der Waals surface area contributed by atoms with Gasteiger partial charge in [0.25, 0.3) is 0 Å². The molecule has 0 spiro atoms. The van der Waals surface area contributed by atoms with E-state index in [4.69, 9.17) is 11.6 Å². The summed E-state index contributed by atoms with van der Waals surface area (Å²) in [6.07, 6.45) is 3.49. The molecule has 3 heteroatoms. The van der Waals surface area contributed by atoms with E-state index in [-0.39, 0.29) is 0 Å². The van der Waals surface area contributed by atoms with E-state index in [0.717, 1.165) is 28.9 Å². The summed E-state index contributed by atoms with van der Waals surface area (Å²) in [4.78, 5) is 0. The average Bonchev–Trinajstić information content (AvgIpc) is 2.29. The van der Waals surface area contributed by atoms with Gasteiger partial charge in [0, 0.05) is 15.5 Å². The van der Waals surface area contributed by atoms with Gasteiger partial charge in [-0.05, 0) is 48.9 Å². The minimum Gasteiger partial charge on any atom is -0.310 e. The van der Waals surface area contributed by atoms with E-state index in [1.54, 1.807) is 0 Å². The summed E-state index contributed by atoms with van der Waals surface area (Å²) in [5.41, 5.74) is 1.67. The molecule has 1 atom stereocenters. The number of benzene rings is 1. The van der Waals surface area contributed by atoms with E-state index >= 15 is 0 Å². The molecule has 0 aliphatic carbocycles. The number of hydrogen-bond donors (Lipinski definition) is 1. The van der Waals surface area contributed by atoms with Gasteiger partial charge in [-0.15, -0.1) is 0 Å². The topological polar surface area (TPSA) is 12.0 Å². The van der Waals surface area contributed by atoms with Crippen LogP contribution in [-0.4, -0.2) is 6.54 Å². The van der Waals surface area contributed by atoms with Crippen LogP contribution in [-0.2, 0) is 0 Å². The molecule has 0 aliphatic heterocycles. The fourth-order valence-corrected chi connectivity index (χ4v) is 3.01. The largest absolute Gasteiger partial charge is 0.310 e. The van der Waals surface area contributed by atoms with Gasteiger partial charge < -0.3 is 5.32 Å². The van der Waals surface area contributed by atoms with E-state index in [0.29, 0.717) is 11.5 Å². The number of rotatable bonds is 6. The Morgan fingerprint density at radius 3 is 2.53 bits per heavy atom. The van der Waals surface area contributed by atoms with Crippen LogP contribution in [0.15, 0.2) is 22.7 Å². The summed E-state index contributed by atoms with van der Waals surface area (Å²) in [7, 11) is 0. The maximum absolute atomic E-state index is 6.03. The van der Waals surface area contributed by atoms with Gasteiger partial charge in [0.15, 0.2) is 0 Å². The Balaban J connectivity index is 2.83. The molecule has 0 aromatic heterocycles. The molecule has 0 radical (unpaired) electrons. The number of nitrogens with one attached hydrogen (secondary N) is 1. The standard InChI is InChI=1S/C16H25BrClN/c1-5-10-19-15(8-9-16(2,3)4)13-7-6-12(18)11-14(13)17/h6-7,11,15,19H,5,8-10H2,1-4H3. The molecule has 19 heavy (non-hydrogen) atoms. The zero-order chi connectivity index (χ0) is 14.5. The van der Waals surface area contributed by atoms with Crippen LogP contribution in [0.25, 0.3) is 0 Å². The highest BCUT2D eigenvalue weighted by Gasteiger charge is 2.18. The molecule has 1 aromatic carbocycles. The molecular formula is C16H25BrClN. The molecule has 0 fully saturated rings. The van der Waals surface area contributed by atoms with Crippen LogP contribution in [0.5, 0.6) is 0 Å². The lowest BCUT2D eigenvalue weighted by Crippen LogP contribution is -2.24. The van der Waals surface area contributed by atoms with E-state index < -0.39 is 0 Å². The zero-order valence-corrected chi connectivity index (χ0v) is 14.7. The molecule has 0 amide bonds. The fraction of sp³-hybridized carbons (Fsp3) is 0.625. The quantitative estimate of drug-likeness (QED) is 0.669. The molecule has 0 heterocycles. The first kappa shape index (κ1) is 17.0. The van der Waals surface area contributed by atoms with Crippen molar-refractivity contribution < 1.29 is 0 Å². The maximum Gasteiger partial charge on any atom is 0.0417 e. The predicted octanol–water partition coefficient (Wildman–Crippen LogP) is 5.97. The van der Waals surface area contributed by atoms with E-state index in [9.17, 15) is 0 Å². The highest BCUT2D eigenvalue weighted by molar-refractivity contribution is 9.10. The molecule has 0 saturated heterocycles. The normalized spacial score (nSPS) is 13.6. The van der Waals surface area contributed by atoms with Gasteiger partial charge >= 0.3 is 0 Å². The Labute approximate surface area is 131 Å². The summed E-state index contributed by atoms with van der Waals surface area (Å²) in [6, 6.07) is 6.47. The van der Waals surface area contributed by atoms with Gasteiger partial charge in [0.1, 0.15) is 0 Å². The minimum atomic E-state index is 0.366. The van der Waals surface area contributed by atoms with Gasteiger partial charge in [-0.1, -0.05) is 61.3 Å². The van der Waals surface area contributed by atoms with Crippen molar-refractivity contribution in [3.8, 4) is 0 Å². The molecular weight excluding hydrogens is 322 g/mol. The SMILES string of the molecule is CCCNC(CCC(C)(C)C)c1ccc(Cl)cc1Br. The first-order valence-corrected chi connectivity index (χ1v) is 8.19. The lowest BCUT2D eigenvalue weighted by atomic mass is 9.87. The Morgan fingerprint density at radius 1 is 1.32 bits per heavy atom. The third-order valence-electron chi connectivity index (χ3n) is 3.16. The summed E-state index contributed by atoms with van der Waals surface area (Å²) in [6.45, 7) is 10.1. The van der Waals surface area contributed by atoms with Crippen molar-refractivity contribution in [3.05, 3.63) is 33.3 Å². The van der Waals surface area contributed by atoms with Gasteiger partial charge in [0.05, 0.1) is 0 Å². The van der Waals surface area contributed by atoms with E-state index in [1.807, 2.05) is 12.1 Å². The van der Waals surface area contributed by atoms with Crippen molar-refractivity contribution in [2.45, 2.75) is 53.0 Å². The molecule has 1 rings (SSSR count). The van der Waals surface area contributed by atoms with Crippen molar-refractivity contribution in [3.63, 3.8) is 0 Å². The molecule has 1 N–H and O–H groups in total. The van der Waals surface area contributed by atoms with Crippen LogP contribution in [0.4, 0.5) is 0 Å². The lowest BCUT2D eigenvalue weighted by Gasteiger charge is -2.25. The summed E-state index contributed by atoms with van der Waals surface area (Å²) in [5, 5.41) is 4.42. The highest BCUT2D eigenvalue weighted by atomic mass is 79.9. The molecule has 1 aromatic rings. The number of hydrogen-bond acceptors (Lipinski definition) is 1. The van der Waals surface area contributed by atoms with E-state index in [1.165, 1.54) is 12.0 Å². The monoisotopic (exact) mass is 345 g/mol. The molecule has 0 bridgehead atoms. The summed E-state index contributed by atoms with van der Waals surface area (Å²) >= 11 is 9.66. The first-order valence-electron chi connectivity index (χ1n) is 7.02. The fourth-order valence-electron chi connectivity index (χ4n) is 2.05. The van der Waals surface area contributed by atoms with Crippen molar-refractivity contribution in [1.29, 1.82) is 0 Å². The van der Waals surface area contributed by atoms with Crippen molar-refractivity contribution in [2.24, 2.45) is 5.41 Å². The van der Waals surface area contributed by atoms with Gasteiger partial charge in [-0.25, -0.2) is 0 Å². The van der Waals surface area contributed by atoms with Crippen LogP contribution in [0.3, 0.4) is 0 Å². The maximum atomic E-state index is 6.03. The lowest BCUT2D eigenvalue weighted by molar-refractivity contribution is 0.332. The summed E-state index contributed by atoms with van der Waals surface area (Å²) in [5.74, 6) is 0. The van der Waals surface area contributed by atoms with Gasteiger partial charge in [0.2, 0.25) is 0 Å². The second kappa shape index (κ2) is 7.66. The second-order valence-corrected chi connectivity index (χ2v) is 7.56. The molecule has 0 saturated carbocycles. The Morgan fingerprint density at radius 2 is 2.00 bits per heavy atom. The highest BCUT2D eigenvalue weighted by Crippen LogP contribution is 2.32. The van der Waals surface area contributed by atoms with Crippen LogP contribution < -0.4 is 5.32 Å². The summed E-state index contributed by atoms with van der Waals surface area (Å²) < 4.78 is 1.10. The van der Waals surface area contributed by atoms with Crippen LogP contribution in [0, 0.1) is 5.41 Å². The molecule has 0 aliphatic rings. The predicted molar refractivity (Wildman–Crippen MR) is 88.9 cm³/mol. The zero-order valence-electron chi connectivity index (χ0n) is 12.4.